The van der Waals surface area contributed by atoms with Crippen molar-refractivity contribution in [1.82, 2.24) is 9.80 Å². The first-order valence-corrected chi connectivity index (χ1v) is 9.52. The van der Waals surface area contributed by atoms with Crippen molar-refractivity contribution in [1.29, 1.82) is 0 Å². The maximum atomic E-state index is 2.62. The zero-order valence-electron chi connectivity index (χ0n) is 15.3. The predicted molar refractivity (Wildman–Crippen MR) is 108 cm³/mol. The number of benzene rings is 2. The van der Waals surface area contributed by atoms with Gasteiger partial charge in [0.25, 0.3) is 0 Å². The quantitative estimate of drug-likeness (QED) is 0.735. The fourth-order valence-corrected chi connectivity index (χ4v) is 3.42. The number of piperazine rings is 1. The van der Waals surface area contributed by atoms with E-state index in [1.54, 1.807) is 0 Å². The second-order valence-corrected chi connectivity index (χ2v) is 7.06. The maximum Gasteiger partial charge on any atom is 0.0167 e. The molecule has 3 rings (SSSR count). The third-order valence-electron chi connectivity index (χ3n) is 5.19. The highest BCUT2D eigenvalue weighted by molar-refractivity contribution is 5.48. The molecule has 0 spiro atoms. The monoisotopic (exact) mass is 334 g/mol. The van der Waals surface area contributed by atoms with Crippen LogP contribution < -0.4 is 0 Å². The average Bonchev–Trinajstić information content (AvgIpc) is 2.68. The van der Waals surface area contributed by atoms with Gasteiger partial charge in [-0.2, -0.15) is 0 Å². The van der Waals surface area contributed by atoms with E-state index in [0.29, 0.717) is 5.92 Å². The summed E-state index contributed by atoms with van der Waals surface area (Å²) in [5.41, 5.74) is 2.75. The molecular weight excluding hydrogens is 304 g/mol. The lowest BCUT2D eigenvalue weighted by Crippen LogP contribution is -2.46. The normalized spacial score (nSPS) is 17.8. The Kier molecular flexibility index (Phi) is 6.84. The molecule has 0 aliphatic carbocycles. The van der Waals surface area contributed by atoms with Crippen molar-refractivity contribution in [2.75, 3.05) is 39.3 Å². The Bertz CT molecular complexity index is 628. The minimum atomic E-state index is 0.646. The van der Waals surface area contributed by atoms with Crippen LogP contribution >= 0.6 is 0 Å². The van der Waals surface area contributed by atoms with Crippen molar-refractivity contribution in [3.05, 3.63) is 77.9 Å². The third kappa shape index (κ3) is 5.84. The van der Waals surface area contributed by atoms with E-state index in [1.165, 1.54) is 50.3 Å². The van der Waals surface area contributed by atoms with Crippen molar-refractivity contribution in [3.8, 4) is 0 Å². The van der Waals surface area contributed by atoms with Crippen molar-refractivity contribution in [2.45, 2.75) is 19.3 Å². The Morgan fingerprint density at radius 3 is 2.12 bits per heavy atom. The molecule has 0 radical (unpaired) electrons. The summed E-state index contributed by atoms with van der Waals surface area (Å²) in [7, 11) is 0. The fourth-order valence-electron chi connectivity index (χ4n) is 3.42. The maximum absolute atomic E-state index is 2.62. The molecule has 132 valence electrons. The van der Waals surface area contributed by atoms with Crippen LogP contribution in [0.4, 0.5) is 0 Å². The average molecular weight is 335 g/mol. The van der Waals surface area contributed by atoms with E-state index in [0.717, 1.165) is 6.54 Å². The summed E-state index contributed by atoms with van der Waals surface area (Å²) in [6.45, 7) is 9.37. The van der Waals surface area contributed by atoms with Gasteiger partial charge in [-0.15, -0.1) is 0 Å². The highest BCUT2D eigenvalue weighted by atomic mass is 15.3. The largest absolute Gasteiger partial charge is 0.301 e. The van der Waals surface area contributed by atoms with Crippen LogP contribution in [0.15, 0.2) is 66.7 Å². The summed E-state index contributed by atoms with van der Waals surface area (Å²) in [6.07, 6.45) is 5.77. The molecule has 2 aromatic rings. The lowest BCUT2D eigenvalue weighted by atomic mass is 9.97. The van der Waals surface area contributed by atoms with Crippen LogP contribution in [0.25, 0.3) is 6.08 Å². The van der Waals surface area contributed by atoms with Gasteiger partial charge in [0.1, 0.15) is 0 Å². The fraction of sp³-hybridized carbons (Fsp3) is 0.391. The standard InChI is InChI=1S/C23H30N2/c1-21(23-12-6-3-7-13-23)14-16-25-19-17-24(18-20-25)15-8-11-22-9-4-2-5-10-22/h2-13,21H,14-20H2,1H3/t21-/m1/s1. The summed E-state index contributed by atoms with van der Waals surface area (Å²) in [5.74, 6) is 0.646. The SMILES string of the molecule is C[C@H](CCN1CCN(CC=Cc2ccccc2)CC1)c1ccccc1. The van der Waals surface area contributed by atoms with Crippen LogP contribution in [-0.2, 0) is 0 Å². The van der Waals surface area contributed by atoms with E-state index in [2.05, 4.69) is 89.5 Å². The van der Waals surface area contributed by atoms with Gasteiger partial charge in [0.05, 0.1) is 0 Å². The Balaban J connectivity index is 1.35. The van der Waals surface area contributed by atoms with E-state index < -0.39 is 0 Å². The van der Waals surface area contributed by atoms with E-state index in [1.807, 2.05) is 0 Å². The first kappa shape index (κ1) is 17.9. The molecule has 25 heavy (non-hydrogen) atoms. The third-order valence-corrected chi connectivity index (χ3v) is 5.19. The summed E-state index contributed by atoms with van der Waals surface area (Å²) >= 11 is 0. The molecule has 0 N–H and O–H groups in total. The second-order valence-electron chi connectivity index (χ2n) is 7.06. The molecule has 0 aromatic heterocycles. The molecule has 0 bridgehead atoms. The summed E-state index contributed by atoms with van der Waals surface area (Å²) in [6, 6.07) is 21.5. The number of rotatable bonds is 7. The molecule has 1 aliphatic rings. The van der Waals surface area contributed by atoms with Gasteiger partial charge in [0.15, 0.2) is 0 Å². The molecule has 0 amide bonds. The minimum Gasteiger partial charge on any atom is -0.301 e. The van der Waals surface area contributed by atoms with Gasteiger partial charge in [-0.05, 0) is 30.0 Å². The van der Waals surface area contributed by atoms with Gasteiger partial charge in [0, 0.05) is 32.7 Å². The molecule has 2 aromatic carbocycles. The second kappa shape index (κ2) is 9.55. The highest BCUT2D eigenvalue weighted by Crippen LogP contribution is 2.19. The first-order valence-electron chi connectivity index (χ1n) is 9.52. The van der Waals surface area contributed by atoms with Crippen molar-refractivity contribution in [3.63, 3.8) is 0 Å². The van der Waals surface area contributed by atoms with Crippen LogP contribution in [0.5, 0.6) is 0 Å². The molecule has 1 fully saturated rings. The van der Waals surface area contributed by atoms with Gasteiger partial charge < -0.3 is 4.90 Å². The summed E-state index contributed by atoms with van der Waals surface area (Å²) < 4.78 is 0. The number of nitrogens with zero attached hydrogens (tertiary/aromatic N) is 2. The van der Waals surface area contributed by atoms with E-state index in [4.69, 9.17) is 0 Å². The van der Waals surface area contributed by atoms with Gasteiger partial charge >= 0.3 is 0 Å². The number of hydrogen-bond donors (Lipinski definition) is 0. The molecule has 0 saturated carbocycles. The summed E-state index contributed by atoms with van der Waals surface area (Å²) in [4.78, 5) is 5.17. The van der Waals surface area contributed by atoms with Gasteiger partial charge in [0.2, 0.25) is 0 Å². The molecule has 1 saturated heterocycles. The predicted octanol–water partition coefficient (Wildman–Crippen LogP) is 4.51. The van der Waals surface area contributed by atoms with Crippen LogP contribution in [0.3, 0.4) is 0 Å². The molecule has 1 heterocycles. The Morgan fingerprint density at radius 1 is 0.840 bits per heavy atom. The van der Waals surface area contributed by atoms with Crippen LogP contribution in [0.1, 0.15) is 30.4 Å². The smallest absolute Gasteiger partial charge is 0.0167 e. The van der Waals surface area contributed by atoms with Crippen molar-refractivity contribution >= 4 is 6.08 Å². The Hall–Kier alpha value is -1.90. The van der Waals surface area contributed by atoms with Crippen LogP contribution in [-0.4, -0.2) is 49.1 Å². The topological polar surface area (TPSA) is 6.48 Å². The molecule has 2 nitrogen and oxygen atoms in total. The van der Waals surface area contributed by atoms with E-state index >= 15 is 0 Å². The van der Waals surface area contributed by atoms with E-state index in [-0.39, 0.29) is 0 Å². The molecular formula is C23H30N2. The van der Waals surface area contributed by atoms with Gasteiger partial charge in [-0.3, -0.25) is 4.90 Å². The van der Waals surface area contributed by atoms with Crippen molar-refractivity contribution in [2.24, 2.45) is 0 Å². The minimum absolute atomic E-state index is 0.646. The van der Waals surface area contributed by atoms with Crippen LogP contribution in [0, 0.1) is 0 Å². The van der Waals surface area contributed by atoms with Gasteiger partial charge in [-0.1, -0.05) is 79.7 Å². The molecule has 0 unspecified atom stereocenters. The Labute approximate surface area is 152 Å². The molecule has 2 heteroatoms. The molecule has 1 atom stereocenters. The first-order chi connectivity index (χ1) is 12.3. The lowest BCUT2D eigenvalue weighted by Gasteiger charge is -2.34. The summed E-state index contributed by atoms with van der Waals surface area (Å²) in [5, 5.41) is 0. The highest BCUT2D eigenvalue weighted by Gasteiger charge is 2.16. The zero-order chi connectivity index (χ0) is 17.3. The van der Waals surface area contributed by atoms with Gasteiger partial charge in [-0.25, -0.2) is 0 Å². The Morgan fingerprint density at radius 2 is 1.44 bits per heavy atom. The number of hydrogen-bond acceptors (Lipinski definition) is 2. The lowest BCUT2D eigenvalue weighted by molar-refractivity contribution is 0.140. The zero-order valence-corrected chi connectivity index (χ0v) is 15.3. The van der Waals surface area contributed by atoms with E-state index in [9.17, 15) is 0 Å². The van der Waals surface area contributed by atoms with Crippen LogP contribution in [0.2, 0.25) is 0 Å². The molecule has 1 aliphatic heterocycles. The van der Waals surface area contributed by atoms with Crippen molar-refractivity contribution < 1.29 is 0 Å².